The summed E-state index contributed by atoms with van der Waals surface area (Å²) in [5, 5.41) is 7.65. The minimum Gasteiger partial charge on any atom is -0.322 e. The minimum absolute atomic E-state index is 0.277. The molecule has 2 amide bonds. The first-order chi connectivity index (χ1) is 11.6. The lowest BCUT2D eigenvalue weighted by Crippen LogP contribution is -2.13. The summed E-state index contributed by atoms with van der Waals surface area (Å²) < 4.78 is 12.9. The molecular formula is C17H12FN3O2S. The molecule has 120 valence electrons. The number of aromatic nitrogens is 1. The van der Waals surface area contributed by atoms with Crippen LogP contribution in [0.25, 0.3) is 0 Å². The summed E-state index contributed by atoms with van der Waals surface area (Å²) in [6.45, 7) is 0. The van der Waals surface area contributed by atoms with Gasteiger partial charge in [-0.3, -0.25) is 14.9 Å². The van der Waals surface area contributed by atoms with E-state index >= 15 is 0 Å². The summed E-state index contributed by atoms with van der Waals surface area (Å²) in [5.41, 5.74) is 1.34. The van der Waals surface area contributed by atoms with Gasteiger partial charge in [0.05, 0.1) is 0 Å². The summed E-state index contributed by atoms with van der Waals surface area (Å²) in [6.07, 6.45) is 1.61. The largest absolute Gasteiger partial charge is 0.322 e. The molecule has 0 saturated carbocycles. The van der Waals surface area contributed by atoms with Crippen molar-refractivity contribution in [2.24, 2.45) is 0 Å². The lowest BCUT2D eigenvalue weighted by molar-refractivity contribution is 0.102. The van der Waals surface area contributed by atoms with Crippen LogP contribution >= 0.6 is 11.3 Å². The average Bonchev–Trinajstić information content (AvgIpc) is 3.09. The van der Waals surface area contributed by atoms with E-state index in [0.29, 0.717) is 21.9 Å². The van der Waals surface area contributed by atoms with Crippen molar-refractivity contribution >= 4 is 34.0 Å². The second-order valence-electron chi connectivity index (χ2n) is 4.83. The Bertz CT molecular complexity index is 847. The molecule has 0 aliphatic carbocycles. The quantitative estimate of drug-likeness (QED) is 0.758. The third-order valence-electron chi connectivity index (χ3n) is 3.16. The number of hydrogen-bond donors (Lipinski definition) is 2. The van der Waals surface area contributed by atoms with Gasteiger partial charge < -0.3 is 5.32 Å². The van der Waals surface area contributed by atoms with Crippen molar-refractivity contribution in [3.8, 4) is 0 Å². The molecule has 0 unspecified atom stereocenters. The lowest BCUT2D eigenvalue weighted by atomic mass is 10.1. The third kappa shape index (κ3) is 3.82. The fraction of sp³-hybridized carbons (Fsp3) is 0. The zero-order valence-corrected chi connectivity index (χ0v) is 13.1. The molecule has 7 heteroatoms. The molecule has 0 spiro atoms. The summed E-state index contributed by atoms with van der Waals surface area (Å²) in [5.74, 6) is -1.03. The molecule has 0 atom stereocenters. The predicted molar refractivity (Wildman–Crippen MR) is 90.9 cm³/mol. The van der Waals surface area contributed by atoms with E-state index in [1.165, 1.54) is 35.6 Å². The maximum absolute atomic E-state index is 12.9. The lowest BCUT2D eigenvalue weighted by Gasteiger charge is -2.07. The van der Waals surface area contributed by atoms with Crippen LogP contribution in [0, 0.1) is 5.82 Å². The van der Waals surface area contributed by atoms with E-state index in [4.69, 9.17) is 0 Å². The van der Waals surface area contributed by atoms with Crippen LogP contribution in [0.5, 0.6) is 0 Å². The van der Waals surface area contributed by atoms with Gasteiger partial charge in [0, 0.05) is 28.4 Å². The van der Waals surface area contributed by atoms with E-state index < -0.39 is 5.82 Å². The van der Waals surface area contributed by atoms with E-state index in [0.717, 1.165) is 0 Å². The number of benzene rings is 2. The summed E-state index contributed by atoms with van der Waals surface area (Å²) in [6, 6.07) is 11.7. The molecule has 3 aromatic rings. The molecule has 0 fully saturated rings. The van der Waals surface area contributed by atoms with Crippen LogP contribution in [0.1, 0.15) is 20.7 Å². The van der Waals surface area contributed by atoms with E-state index in [-0.39, 0.29) is 11.8 Å². The highest BCUT2D eigenvalue weighted by Crippen LogP contribution is 2.15. The molecule has 0 bridgehead atoms. The molecule has 2 aromatic carbocycles. The molecule has 3 rings (SSSR count). The number of nitrogens with zero attached hydrogens (tertiary/aromatic N) is 1. The van der Waals surface area contributed by atoms with Crippen LogP contribution in [-0.2, 0) is 0 Å². The van der Waals surface area contributed by atoms with Crippen LogP contribution in [0.3, 0.4) is 0 Å². The third-order valence-corrected chi connectivity index (χ3v) is 3.85. The minimum atomic E-state index is -0.401. The second kappa shape index (κ2) is 7.01. The molecule has 2 N–H and O–H groups in total. The average molecular weight is 341 g/mol. The van der Waals surface area contributed by atoms with Crippen molar-refractivity contribution in [2.45, 2.75) is 0 Å². The molecule has 1 aromatic heterocycles. The van der Waals surface area contributed by atoms with Crippen molar-refractivity contribution in [1.29, 1.82) is 0 Å². The van der Waals surface area contributed by atoms with Crippen molar-refractivity contribution in [1.82, 2.24) is 4.98 Å². The zero-order chi connectivity index (χ0) is 16.9. The fourth-order valence-corrected chi connectivity index (χ4v) is 2.49. The Balaban J connectivity index is 1.64. The monoisotopic (exact) mass is 341 g/mol. The fourth-order valence-electron chi connectivity index (χ4n) is 1.96. The highest BCUT2D eigenvalue weighted by molar-refractivity contribution is 7.13. The highest BCUT2D eigenvalue weighted by atomic mass is 32.1. The Morgan fingerprint density at radius 3 is 2.04 bits per heavy atom. The van der Waals surface area contributed by atoms with Crippen molar-refractivity contribution in [3.05, 3.63) is 77.1 Å². The molecule has 5 nitrogen and oxygen atoms in total. The van der Waals surface area contributed by atoms with Crippen LogP contribution < -0.4 is 10.6 Å². The number of nitrogens with one attached hydrogen (secondary N) is 2. The number of carbonyl (C=O) groups is 2. The number of hydrogen-bond acceptors (Lipinski definition) is 4. The number of thiazole rings is 1. The van der Waals surface area contributed by atoms with E-state index in [2.05, 4.69) is 15.6 Å². The molecular weight excluding hydrogens is 329 g/mol. The molecule has 24 heavy (non-hydrogen) atoms. The molecule has 0 aliphatic rings. The number of rotatable bonds is 4. The van der Waals surface area contributed by atoms with E-state index in [9.17, 15) is 14.0 Å². The maximum atomic E-state index is 12.9. The smallest absolute Gasteiger partial charge is 0.257 e. The summed E-state index contributed by atoms with van der Waals surface area (Å²) >= 11 is 1.33. The first kappa shape index (κ1) is 15.8. The van der Waals surface area contributed by atoms with Gasteiger partial charge in [-0.15, -0.1) is 11.3 Å². The first-order valence-corrected chi connectivity index (χ1v) is 7.87. The van der Waals surface area contributed by atoms with Crippen LogP contribution in [0.4, 0.5) is 15.2 Å². The van der Waals surface area contributed by atoms with E-state index in [1.807, 2.05) is 0 Å². The van der Waals surface area contributed by atoms with Gasteiger partial charge in [0.1, 0.15) is 5.82 Å². The Morgan fingerprint density at radius 2 is 1.46 bits per heavy atom. The second-order valence-corrected chi connectivity index (χ2v) is 5.72. The van der Waals surface area contributed by atoms with Crippen molar-refractivity contribution < 1.29 is 14.0 Å². The van der Waals surface area contributed by atoms with E-state index in [1.54, 1.807) is 35.8 Å². The molecule has 0 aliphatic heterocycles. The van der Waals surface area contributed by atoms with Gasteiger partial charge in [0.25, 0.3) is 11.8 Å². The van der Waals surface area contributed by atoms with Crippen molar-refractivity contribution in [3.63, 3.8) is 0 Å². The number of halogens is 1. The number of anilines is 2. The highest BCUT2D eigenvalue weighted by Gasteiger charge is 2.09. The van der Waals surface area contributed by atoms with Crippen molar-refractivity contribution in [2.75, 3.05) is 10.6 Å². The SMILES string of the molecule is O=C(Nc1ccc(C(=O)Nc2nccs2)cc1)c1ccc(F)cc1. The number of amides is 2. The Labute approximate surface area is 141 Å². The summed E-state index contributed by atoms with van der Waals surface area (Å²) in [7, 11) is 0. The van der Waals surface area contributed by atoms with Crippen LogP contribution in [-0.4, -0.2) is 16.8 Å². The number of carbonyl (C=O) groups excluding carboxylic acids is 2. The molecule has 1 heterocycles. The topological polar surface area (TPSA) is 71.1 Å². The zero-order valence-electron chi connectivity index (χ0n) is 12.3. The Kier molecular flexibility index (Phi) is 4.62. The predicted octanol–water partition coefficient (Wildman–Crippen LogP) is 3.79. The Hall–Kier alpha value is -3.06. The maximum Gasteiger partial charge on any atom is 0.257 e. The van der Waals surface area contributed by atoms with Gasteiger partial charge in [-0.25, -0.2) is 9.37 Å². The normalized spacial score (nSPS) is 10.2. The van der Waals surface area contributed by atoms with Gasteiger partial charge >= 0.3 is 0 Å². The summed E-state index contributed by atoms with van der Waals surface area (Å²) in [4.78, 5) is 28.0. The van der Waals surface area contributed by atoms with Gasteiger partial charge in [-0.1, -0.05) is 0 Å². The molecule has 0 saturated heterocycles. The first-order valence-electron chi connectivity index (χ1n) is 6.99. The van der Waals surface area contributed by atoms with Crippen LogP contribution in [0.15, 0.2) is 60.1 Å². The molecule has 0 radical (unpaired) electrons. The van der Waals surface area contributed by atoms with Gasteiger partial charge in [0.2, 0.25) is 0 Å². The standard InChI is InChI=1S/C17H12FN3O2S/c18-13-5-1-11(2-6-13)15(22)20-14-7-3-12(4-8-14)16(23)21-17-19-9-10-24-17/h1-10H,(H,20,22)(H,19,21,23). The van der Waals surface area contributed by atoms with Gasteiger partial charge in [-0.2, -0.15) is 0 Å². The van der Waals surface area contributed by atoms with Gasteiger partial charge in [-0.05, 0) is 48.5 Å². The Morgan fingerprint density at radius 1 is 0.875 bits per heavy atom. The van der Waals surface area contributed by atoms with Crippen LogP contribution in [0.2, 0.25) is 0 Å². The van der Waals surface area contributed by atoms with Gasteiger partial charge in [0.15, 0.2) is 5.13 Å².